The van der Waals surface area contributed by atoms with Gasteiger partial charge in [-0.1, -0.05) is 0 Å². The third-order valence-electron chi connectivity index (χ3n) is 1.24. The van der Waals surface area contributed by atoms with Crippen LogP contribution >= 0.6 is 22.6 Å². The Morgan fingerprint density at radius 1 is 1.55 bits per heavy atom. The first-order valence-electron chi connectivity index (χ1n) is 2.87. The Hall–Kier alpha value is -0.650. The molecule has 0 unspecified atom stereocenters. The van der Waals surface area contributed by atoms with Gasteiger partial charge in [-0.25, -0.2) is 0 Å². The number of benzene rings is 1. The Morgan fingerprint density at radius 3 is 2.64 bits per heavy atom. The predicted octanol–water partition coefficient (Wildman–Crippen LogP) is 2.38. The topological polar surface area (TPSA) is 43.1 Å². The standard InChI is InChI=1S/C7H5INO2/c1-5-4-6(9(10)11)2-3-7(5)8/h2-4H,1H2. The highest BCUT2D eigenvalue weighted by Crippen LogP contribution is 2.17. The molecule has 0 aliphatic carbocycles. The van der Waals surface area contributed by atoms with Gasteiger partial charge in [-0.05, 0) is 41.1 Å². The molecular weight excluding hydrogens is 257 g/mol. The van der Waals surface area contributed by atoms with Crippen molar-refractivity contribution in [3.63, 3.8) is 0 Å². The number of non-ortho nitro benzene ring substituents is 1. The van der Waals surface area contributed by atoms with E-state index in [9.17, 15) is 10.1 Å². The number of hydrogen-bond acceptors (Lipinski definition) is 2. The van der Waals surface area contributed by atoms with Gasteiger partial charge in [0.05, 0.1) is 4.92 Å². The van der Waals surface area contributed by atoms with Crippen LogP contribution < -0.4 is 0 Å². The lowest BCUT2D eigenvalue weighted by atomic mass is 10.2. The van der Waals surface area contributed by atoms with Gasteiger partial charge in [0.2, 0.25) is 0 Å². The molecule has 0 heterocycles. The van der Waals surface area contributed by atoms with Crippen molar-refractivity contribution in [1.29, 1.82) is 0 Å². The number of rotatable bonds is 1. The van der Waals surface area contributed by atoms with Crippen LogP contribution in [0.15, 0.2) is 18.2 Å². The zero-order chi connectivity index (χ0) is 8.43. The van der Waals surface area contributed by atoms with E-state index in [1.165, 1.54) is 12.1 Å². The molecule has 1 aromatic rings. The first-order chi connectivity index (χ1) is 5.11. The second-order valence-corrected chi connectivity index (χ2v) is 3.20. The fraction of sp³-hybridized carbons (Fsp3) is 0. The number of nitro benzene ring substituents is 1. The number of hydrogen-bond donors (Lipinski definition) is 0. The van der Waals surface area contributed by atoms with E-state index in [4.69, 9.17) is 0 Å². The Bertz CT molecular complexity index is 298. The van der Waals surface area contributed by atoms with Crippen LogP contribution in [-0.4, -0.2) is 4.92 Å². The summed E-state index contributed by atoms with van der Waals surface area (Å²) < 4.78 is 0.938. The fourth-order valence-corrected chi connectivity index (χ4v) is 1.01. The highest BCUT2D eigenvalue weighted by atomic mass is 127. The van der Waals surface area contributed by atoms with Crippen LogP contribution in [0.25, 0.3) is 0 Å². The molecule has 1 rings (SSSR count). The van der Waals surface area contributed by atoms with Gasteiger partial charge in [-0.2, -0.15) is 0 Å². The molecule has 57 valence electrons. The molecule has 3 nitrogen and oxygen atoms in total. The second-order valence-electron chi connectivity index (χ2n) is 2.03. The van der Waals surface area contributed by atoms with Crippen molar-refractivity contribution in [2.24, 2.45) is 0 Å². The smallest absolute Gasteiger partial charge is 0.258 e. The Morgan fingerprint density at radius 2 is 2.18 bits per heavy atom. The van der Waals surface area contributed by atoms with E-state index in [2.05, 4.69) is 29.5 Å². The highest BCUT2D eigenvalue weighted by molar-refractivity contribution is 14.1. The molecular formula is C7H5INO2. The van der Waals surface area contributed by atoms with Gasteiger partial charge in [0.25, 0.3) is 5.69 Å². The second kappa shape index (κ2) is 3.17. The average molecular weight is 262 g/mol. The molecule has 0 N–H and O–H groups in total. The Balaban J connectivity index is 3.15. The molecule has 1 aromatic carbocycles. The molecule has 11 heavy (non-hydrogen) atoms. The molecule has 0 amide bonds. The van der Waals surface area contributed by atoms with Crippen molar-refractivity contribution in [3.05, 3.63) is 44.4 Å². The monoisotopic (exact) mass is 262 g/mol. The zero-order valence-electron chi connectivity index (χ0n) is 5.58. The summed E-state index contributed by atoms with van der Waals surface area (Å²) in [6, 6.07) is 4.61. The van der Waals surface area contributed by atoms with Gasteiger partial charge >= 0.3 is 0 Å². The van der Waals surface area contributed by atoms with Crippen molar-refractivity contribution in [1.82, 2.24) is 0 Å². The van der Waals surface area contributed by atoms with Crippen molar-refractivity contribution >= 4 is 28.3 Å². The minimum Gasteiger partial charge on any atom is -0.258 e. The molecule has 0 saturated carbocycles. The van der Waals surface area contributed by atoms with Crippen LogP contribution in [-0.2, 0) is 0 Å². The van der Waals surface area contributed by atoms with Crippen molar-refractivity contribution < 1.29 is 4.92 Å². The Labute approximate surface area is 77.7 Å². The third kappa shape index (κ3) is 1.89. The summed E-state index contributed by atoms with van der Waals surface area (Å²) in [5.41, 5.74) is 0.787. The van der Waals surface area contributed by atoms with Crippen LogP contribution in [0.5, 0.6) is 0 Å². The molecule has 0 aliphatic rings. The normalized spacial score (nSPS) is 9.64. The van der Waals surface area contributed by atoms with Gasteiger partial charge in [0.1, 0.15) is 0 Å². The molecule has 0 aromatic heterocycles. The first kappa shape index (κ1) is 8.45. The summed E-state index contributed by atoms with van der Waals surface area (Å²) in [5.74, 6) is 0. The molecule has 4 heteroatoms. The van der Waals surface area contributed by atoms with E-state index in [0.717, 1.165) is 3.57 Å². The molecule has 0 bridgehead atoms. The van der Waals surface area contributed by atoms with E-state index < -0.39 is 4.92 Å². The van der Waals surface area contributed by atoms with E-state index in [1.54, 1.807) is 6.07 Å². The minimum atomic E-state index is -0.426. The molecule has 1 radical (unpaired) electrons. The van der Waals surface area contributed by atoms with Crippen molar-refractivity contribution in [2.75, 3.05) is 0 Å². The van der Waals surface area contributed by atoms with Crippen molar-refractivity contribution in [2.45, 2.75) is 0 Å². The highest BCUT2D eigenvalue weighted by Gasteiger charge is 2.05. The van der Waals surface area contributed by atoms with E-state index in [0.29, 0.717) is 5.56 Å². The van der Waals surface area contributed by atoms with Gasteiger partial charge in [0, 0.05) is 15.7 Å². The summed E-state index contributed by atoms with van der Waals surface area (Å²) in [7, 11) is 0. The summed E-state index contributed by atoms with van der Waals surface area (Å²) >= 11 is 2.08. The molecule has 0 fully saturated rings. The van der Waals surface area contributed by atoms with E-state index in [-0.39, 0.29) is 5.69 Å². The Kier molecular flexibility index (Phi) is 2.43. The first-order valence-corrected chi connectivity index (χ1v) is 3.95. The molecule has 0 saturated heterocycles. The van der Waals surface area contributed by atoms with Crippen LogP contribution in [0.4, 0.5) is 5.69 Å². The fourth-order valence-electron chi connectivity index (χ4n) is 0.675. The summed E-state index contributed by atoms with van der Waals surface area (Å²) in [6.07, 6.45) is 0. The quantitative estimate of drug-likeness (QED) is 0.443. The lowest BCUT2D eigenvalue weighted by Crippen LogP contribution is -1.89. The SMILES string of the molecule is [CH2]c1cc([N+](=O)[O-])ccc1I. The lowest BCUT2D eigenvalue weighted by Gasteiger charge is -1.95. The van der Waals surface area contributed by atoms with E-state index >= 15 is 0 Å². The van der Waals surface area contributed by atoms with Crippen LogP contribution in [0.3, 0.4) is 0 Å². The molecule has 0 atom stereocenters. The lowest BCUT2D eigenvalue weighted by molar-refractivity contribution is -0.384. The van der Waals surface area contributed by atoms with E-state index in [1.807, 2.05) is 0 Å². The predicted molar refractivity (Wildman–Crippen MR) is 50.3 cm³/mol. The largest absolute Gasteiger partial charge is 0.269 e. The van der Waals surface area contributed by atoms with Gasteiger partial charge < -0.3 is 0 Å². The van der Waals surface area contributed by atoms with Gasteiger partial charge in [-0.3, -0.25) is 10.1 Å². The summed E-state index contributed by atoms with van der Waals surface area (Å²) in [6.45, 7) is 3.65. The summed E-state index contributed by atoms with van der Waals surface area (Å²) in [5, 5.41) is 10.2. The van der Waals surface area contributed by atoms with Gasteiger partial charge in [-0.15, -0.1) is 0 Å². The average Bonchev–Trinajstić information content (AvgIpc) is 1.94. The maximum absolute atomic E-state index is 10.2. The molecule has 0 spiro atoms. The van der Waals surface area contributed by atoms with Crippen LogP contribution in [0, 0.1) is 20.6 Å². The van der Waals surface area contributed by atoms with Crippen LogP contribution in [0.1, 0.15) is 5.56 Å². The number of halogens is 1. The summed E-state index contributed by atoms with van der Waals surface area (Å²) in [4.78, 5) is 9.81. The maximum atomic E-state index is 10.2. The third-order valence-corrected chi connectivity index (χ3v) is 2.29. The van der Waals surface area contributed by atoms with Gasteiger partial charge in [0.15, 0.2) is 0 Å². The number of nitro groups is 1. The van der Waals surface area contributed by atoms with Crippen molar-refractivity contribution in [3.8, 4) is 0 Å². The number of nitrogens with zero attached hydrogens (tertiary/aromatic N) is 1. The maximum Gasteiger partial charge on any atom is 0.269 e. The molecule has 0 aliphatic heterocycles. The van der Waals surface area contributed by atoms with Crippen LogP contribution in [0.2, 0.25) is 0 Å². The zero-order valence-corrected chi connectivity index (χ0v) is 7.74. The minimum absolute atomic E-state index is 0.0930.